The van der Waals surface area contributed by atoms with Crippen molar-refractivity contribution in [3.05, 3.63) is 29.8 Å². The van der Waals surface area contributed by atoms with Crippen LogP contribution in [0.2, 0.25) is 0 Å². The summed E-state index contributed by atoms with van der Waals surface area (Å²) in [5.74, 6) is 1.06. The highest BCUT2D eigenvalue weighted by Gasteiger charge is 2.16. The molecule has 0 aliphatic heterocycles. The van der Waals surface area contributed by atoms with Crippen LogP contribution in [0.1, 0.15) is 12.7 Å². The molecule has 1 unspecified atom stereocenters. The van der Waals surface area contributed by atoms with Crippen molar-refractivity contribution in [1.82, 2.24) is 14.5 Å². The fourth-order valence-electron chi connectivity index (χ4n) is 2.07. The Balaban J connectivity index is 2.49. The van der Waals surface area contributed by atoms with E-state index in [1.54, 1.807) is 6.07 Å². The van der Waals surface area contributed by atoms with E-state index in [0.717, 1.165) is 17.9 Å². The maximum Gasteiger partial charge on any atom is 0.151 e. The third kappa shape index (κ3) is 2.90. The van der Waals surface area contributed by atoms with E-state index in [1.807, 2.05) is 20.2 Å². The van der Waals surface area contributed by atoms with Crippen LogP contribution in [0.4, 0.5) is 4.39 Å². The minimum Gasteiger partial charge on any atom is -0.326 e. The Labute approximate surface area is 118 Å². The molecule has 0 fully saturated rings. The van der Waals surface area contributed by atoms with Gasteiger partial charge >= 0.3 is 0 Å². The number of likely N-dealkylation sites (N-methyl/N-ethyl adjacent to an activating group) is 1. The van der Waals surface area contributed by atoms with Crippen molar-refractivity contribution in [3.8, 4) is 0 Å². The number of aromatic nitrogens is 2. The van der Waals surface area contributed by atoms with E-state index in [0.29, 0.717) is 23.9 Å². The average Bonchev–Trinajstić information content (AvgIpc) is 2.70. The van der Waals surface area contributed by atoms with Crippen LogP contribution in [0.25, 0.3) is 11.0 Å². The zero-order chi connectivity index (χ0) is 14.0. The van der Waals surface area contributed by atoms with Gasteiger partial charge in [0.2, 0.25) is 0 Å². The fraction of sp³-hybridized carbons (Fsp3) is 0.500. The van der Waals surface area contributed by atoms with Crippen LogP contribution in [0.3, 0.4) is 0 Å². The molecule has 0 saturated heterocycles. The molecule has 1 heterocycles. The van der Waals surface area contributed by atoms with Gasteiger partial charge in [-0.05, 0) is 33.2 Å². The molecular formula is C14H19ClFN3. The van der Waals surface area contributed by atoms with E-state index in [-0.39, 0.29) is 5.82 Å². The third-order valence-corrected chi connectivity index (χ3v) is 3.64. The summed E-state index contributed by atoms with van der Waals surface area (Å²) in [5.41, 5.74) is 1.28. The number of nitrogens with zero attached hydrogens (tertiary/aromatic N) is 3. The molecule has 3 nitrogen and oxygen atoms in total. The lowest BCUT2D eigenvalue weighted by molar-refractivity contribution is 0.284. The van der Waals surface area contributed by atoms with E-state index in [9.17, 15) is 4.39 Å². The minimum absolute atomic E-state index is 0.274. The molecule has 0 spiro atoms. The molecular weight excluding hydrogens is 265 g/mol. The fourth-order valence-corrected chi connectivity index (χ4v) is 2.24. The third-order valence-electron chi connectivity index (χ3n) is 3.46. The monoisotopic (exact) mass is 283 g/mol. The van der Waals surface area contributed by atoms with Gasteiger partial charge in [-0.15, -0.1) is 11.6 Å². The summed E-state index contributed by atoms with van der Waals surface area (Å²) in [4.78, 5) is 6.53. The van der Waals surface area contributed by atoms with E-state index in [4.69, 9.17) is 11.6 Å². The Kier molecular flexibility index (Phi) is 4.42. The quantitative estimate of drug-likeness (QED) is 0.787. The van der Waals surface area contributed by atoms with Crippen LogP contribution >= 0.6 is 11.6 Å². The molecule has 104 valence electrons. The van der Waals surface area contributed by atoms with E-state index >= 15 is 0 Å². The van der Waals surface area contributed by atoms with Gasteiger partial charge in [-0.2, -0.15) is 0 Å². The first-order valence-corrected chi connectivity index (χ1v) is 6.94. The summed E-state index contributed by atoms with van der Waals surface area (Å²) in [7, 11) is 4.07. The number of fused-ring (bicyclic) bond motifs is 1. The Morgan fingerprint density at radius 1 is 1.42 bits per heavy atom. The lowest BCUT2D eigenvalue weighted by Crippen LogP contribution is -2.29. The first-order valence-electron chi connectivity index (χ1n) is 6.40. The zero-order valence-electron chi connectivity index (χ0n) is 11.5. The van der Waals surface area contributed by atoms with Crippen molar-refractivity contribution in [3.63, 3.8) is 0 Å². The van der Waals surface area contributed by atoms with Crippen molar-refractivity contribution < 1.29 is 4.39 Å². The summed E-state index contributed by atoms with van der Waals surface area (Å²) in [6, 6.07) is 5.42. The Bertz CT molecular complexity index is 565. The Morgan fingerprint density at radius 2 is 2.16 bits per heavy atom. The van der Waals surface area contributed by atoms with Crippen LogP contribution in [-0.2, 0) is 13.0 Å². The van der Waals surface area contributed by atoms with Crippen LogP contribution < -0.4 is 0 Å². The zero-order valence-corrected chi connectivity index (χ0v) is 12.3. The van der Waals surface area contributed by atoms with Crippen molar-refractivity contribution in [2.75, 3.05) is 20.0 Å². The molecule has 0 aliphatic carbocycles. The van der Waals surface area contributed by atoms with E-state index in [2.05, 4.69) is 21.4 Å². The highest BCUT2D eigenvalue weighted by atomic mass is 35.5. The number of imidazole rings is 1. The van der Waals surface area contributed by atoms with Gasteiger partial charge in [-0.3, -0.25) is 0 Å². The van der Waals surface area contributed by atoms with Crippen molar-refractivity contribution in [2.24, 2.45) is 0 Å². The van der Waals surface area contributed by atoms with Gasteiger partial charge in [0.15, 0.2) is 5.82 Å². The second-order valence-corrected chi connectivity index (χ2v) is 5.38. The molecule has 19 heavy (non-hydrogen) atoms. The van der Waals surface area contributed by atoms with E-state index in [1.165, 1.54) is 6.07 Å². The lowest BCUT2D eigenvalue weighted by Gasteiger charge is -2.21. The number of rotatable bonds is 5. The maximum atomic E-state index is 13.8. The second-order valence-electron chi connectivity index (χ2n) is 5.00. The minimum atomic E-state index is -0.274. The Morgan fingerprint density at radius 3 is 2.79 bits per heavy atom. The molecule has 0 saturated carbocycles. The molecule has 2 aromatic rings. The number of aryl methyl sites for hydroxylation is 1. The SMILES string of the molecule is CC(Cn1c(CCCl)nc2c(F)cccc21)N(C)C. The van der Waals surface area contributed by atoms with Crippen LogP contribution in [0.15, 0.2) is 18.2 Å². The molecule has 0 N–H and O–H groups in total. The van der Waals surface area contributed by atoms with Crippen molar-refractivity contribution in [1.29, 1.82) is 0 Å². The number of hydrogen-bond donors (Lipinski definition) is 0. The molecule has 1 aromatic carbocycles. The number of hydrogen-bond acceptors (Lipinski definition) is 2. The summed E-state index contributed by atoms with van der Waals surface area (Å²) in [5, 5.41) is 0. The molecule has 5 heteroatoms. The number of para-hydroxylation sites is 1. The number of benzene rings is 1. The predicted octanol–water partition coefficient (Wildman–Crippen LogP) is 2.91. The van der Waals surface area contributed by atoms with Gasteiger partial charge < -0.3 is 9.47 Å². The summed E-state index contributed by atoms with van der Waals surface area (Å²) < 4.78 is 15.9. The van der Waals surface area contributed by atoms with Gasteiger partial charge in [0, 0.05) is 24.9 Å². The highest BCUT2D eigenvalue weighted by molar-refractivity contribution is 6.17. The van der Waals surface area contributed by atoms with Gasteiger partial charge in [-0.1, -0.05) is 6.07 Å². The predicted molar refractivity (Wildman–Crippen MR) is 77.3 cm³/mol. The average molecular weight is 284 g/mol. The van der Waals surface area contributed by atoms with Crippen LogP contribution in [-0.4, -0.2) is 40.5 Å². The normalized spacial score (nSPS) is 13.4. The molecule has 0 bridgehead atoms. The van der Waals surface area contributed by atoms with E-state index < -0.39 is 0 Å². The topological polar surface area (TPSA) is 21.1 Å². The molecule has 2 rings (SSSR count). The Hall–Kier alpha value is -1.13. The van der Waals surface area contributed by atoms with Gasteiger partial charge in [-0.25, -0.2) is 9.37 Å². The molecule has 0 amide bonds. The molecule has 1 atom stereocenters. The van der Waals surface area contributed by atoms with Gasteiger partial charge in [0.1, 0.15) is 11.3 Å². The molecule has 1 aromatic heterocycles. The molecule has 0 aliphatic rings. The lowest BCUT2D eigenvalue weighted by atomic mass is 10.2. The van der Waals surface area contributed by atoms with Crippen LogP contribution in [0.5, 0.6) is 0 Å². The highest BCUT2D eigenvalue weighted by Crippen LogP contribution is 2.20. The maximum absolute atomic E-state index is 13.8. The van der Waals surface area contributed by atoms with Crippen LogP contribution in [0, 0.1) is 5.82 Å². The second kappa shape index (κ2) is 5.88. The first kappa shape index (κ1) is 14.3. The number of halogens is 2. The first-order chi connectivity index (χ1) is 9.04. The smallest absolute Gasteiger partial charge is 0.151 e. The summed E-state index contributed by atoms with van der Waals surface area (Å²) in [6.07, 6.45) is 0.649. The van der Waals surface area contributed by atoms with Crippen molar-refractivity contribution >= 4 is 22.6 Å². The molecule has 0 radical (unpaired) electrons. The summed E-state index contributed by atoms with van der Waals surface area (Å²) in [6.45, 7) is 2.91. The largest absolute Gasteiger partial charge is 0.326 e. The number of alkyl halides is 1. The standard InChI is InChI=1S/C14H19ClFN3/c1-10(18(2)3)9-19-12-6-4-5-11(16)14(12)17-13(19)7-8-15/h4-6,10H,7-9H2,1-3H3. The summed E-state index contributed by atoms with van der Waals surface area (Å²) >= 11 is 5.82. The van der Waals surface area contributed by atoms with Gasteiger partial charge in [0.05, 0.1) is 5.52 Å². The van der Waals surface area contributed by atoms with Crippen molar-refractivity contribution in [2.45, 2.75) is 25.9 Å². The van der Waals surface area contributed by atoms with Gasteiger partial charge in [0.25, 0.3) is 0 Å².